The average Bonchev–Trinajstić information content (AvgIpc) is 3.11. The standard InChI is InChI=1S/C28H26ClF3N4O3/c1-15-2-8-21-22(10-15)36(27(38)28(21,39)23-9-5-18(30)13-33-23)14-16-3-6-19(7-4-16)35-26(37)20-11-17(29)12-34-24(20)25(31)32/h2,5,8-13,16,19,25,39H,3-4,6-7,14H2,1H3,(H,35,37)/t16-,19-,28?. The van der Waals surface area contributed by atoms with E-state index in [2.05, 4.69) is 15.3 Å². The molecule has 1 atom stereocenters. The molecule has 0 saturated heterocycles. The molecule has 11 heteroatoms. The molecular formula is C28H26ClF3N4O3. The van der Waals surface area contributed by atoms with Gasteiger partial charge in [0.05, 0.1) is 28.2 Å². The molecule has 2 amide bonds. The molecule has 0 spiro atoms. The monoisotopic (exact) mass is 558 g/mol. The Morgan fingerprint density at radius 1 is 1.15 bits per heavy atom. The highest BCUT2D eigenvalue weighted by Gasteiger charge is 2.52. The van der Waals surface area contributed by atoms with Crippen molar-refractivity contribution in [3.63, 3.8) is 0 Å². The second kappa shape index (κ2) is 10.6. The summed E-state index contributed by atoms with van der Waals surface area (Å²) < 4.78 is 40.2. The fourth-order valence-electron chi connectivity index (χ4n) is 5.43. The number of benzene rings is 1. The summed E-state index contributed by atoms with van der Waals surface area (Å²) in [6.07, 6.45) is 1.64. The van der Waals surface area contributed by atoms with Crippen LogP contribution in [0.1, 0.15) is 65.0 Å². The van der Waals surface area contributed by atoms with E-state index in [-0.39, 0.29) is 28.2 Å². The Kier molecular flexibility index (Phi) is 7.35. The molecule has 3 aromatic rings. The van der Waals surface area contributed by atoms with Crippen molar-refractivity contribution >= 4 is 29.1 Å². The second-order valence-corrected chi connectivity index (χ2v) is 10.5. The molecule has 0 radical (unpaired) electrons. The zero-order valence-electron chi connectivity index (χ0n) is 21.0. The minimum Gasteiger partial charge on any atom is -0.370 e. The largest absolute Gasteiger partial charge is 0.370 e. The van der Waals surface area contributed by atoms with E-state index in [1.54, 1.807) is 17.0 Å². The lowest BCUT2D eigenvalue weighted by atomic mass is 9.85. The lowest BCUT2D eigenvalue weighted by molar-refractivity contribution is -0.132. The number of aromatic nitrogens is 2. The van der Waals surface area contributed by atoms with Crippen molar-refractivity contribution in [2.75, 3.05) is 11.4 Å². The highest BCUT2D eigenvalue weighted by molar-refractivity contribution is 6.30. The fraction of sp³-hybridized carbons (Fsp3) is 0.357. The number of hydrogen-bond acceptors (Lipinski definition) is 5. The number of halogens is 4. The number of aryl methyl sites for hydroxylation is 1. The summed E-state index contributed by atoms with van der Waals surface area (Å²) in [6.45, 7) is 2.23. The zero-order valence-corrected chi connectivity index (χ0v) is 21.8. The summed E-state index contributed by atoms with van der Waals surface area (Å²) in [5, 5.41) is 14.5. The van der Waals surface area contributed by atoms with E-state index in [4.69, 9.17) is 11.6 Å². The van der Waals surface area contributed by atoms with E-state index >= 15 is 0 Å². The van der Waals surface area contributed by atoms with Crippen LogP contribution in [0.2, 0.25) is 5.02 Å². The molecule has 2 aromatic heterocycles. The third-order valence-electron chi connectivity index (χ3n) is 7.45. The van der Waals surface area contributed by atoms with Gasteiger partial charge in [0.25, 0.3) is 18.2 Å². The molecule has 39 heavy (non-hydrogen) atoms. The number of carbonyl (C=O) groups excluding carboxylic acids is 2. The van der Waals surface area contributed by atoms with Gasteiger partial charge in [0.2, 0.25) is 5.60 Å². The van der Waals surface area contributed by atoms with Gasteiger partial charge in [0.1, 0.15) is 11.5 Å². The first-order chi connectivity index (χ1) is 18.6. The molecule has 1 saturated carbocycles. The Hall–Kier alpha value is -3.50. The Balaban J connectivity index is 1.28. The number of nitrogens with one attached hydrogen (secondary N) is 1. The van der Waals surface area contributed by atoms with Crippen LogP contribution in [-0.4, -0.2) is 39.5 Å². The van der Waals surface area contributed by atoms with E-state index in [0.717, 1.165) is 24.0 Å². The number of fused-ring (bicyclic) bond motifs is 1. The minimum atomic E-state index is -2.91. The molecule has 1 aliphatic carbocycles. The zero-order chi connectivity index (χ0) is 27.9. The van der Waals surface area contributed by atoms with Crippen molar-refractivity contribution in [1.82, 2.24) is 15.3 Å². The number of nitrogens with zero attached hydrogens (tertiary/aromatic N) is 3. The summed E-state index contributed by atoms with van der Waals surface area (Å²) >= 11 is 5.87. The van der Waals surface area contributed by atoms with Gasteiger partial charge in [-0.05, 0) is 68.4 Å². The summed E-state index contributed by atoms with van der Waals surface area (Å²) in [5.74, 6) is -1.71. The third-order valence-corrected chi connectivity index (χ3v) is 7.65. The maximum absolute atomic E-state index is 13.6. The van der Waals surface area contributed by atoms with E-state index in [1.165, 1.54) is 12.1 Å². The minimum absolute atomic E-state index is 0.0478. The van der Waals surface area contributed by atoms with Crippen molar-refractivity contribution < 1.29 is 27.9 Å². The molecule has 5 rings (SSSR count). The van der Waals surface area contributed by atoms with Gasteiger partial charge in [-0.25, -0.2) is 13.2 Å². The Bertz CT molecular complexity index is 1410. The van der Waals surface area contributed by atoms with Crippen molar-refractivity contribution in [2.24, 2.45) is 5.92 Å². The predicted molar refractivity (Wildman–Crippen MR) is 138 cm³/mol. The number of hydrogen-bond donors (Lipinski definition) is 2. The number of carbonyl (C=O) groups is 2. The Morgan fingerprint density at radius 3 is 2.56 bits per heavy atom. The van der Waals surface area contributed by atoms with Gasteiger partial charge in [0.15, 0.2) is 0 Å². The molecule has 2 aliphatic rings. The van der Waals surface area contributed by atoms with Gasteiger partial charge in [-0.2, -0.15) is 0 Å². The third kappa shape index (κ3) is 5.10. The first kappa shape index (κ1) is 27.1. The van der Waals surface area contributed by atoms with Crippen LogP contribution < -0.4 is 10.2 Å². The summed E-state index contributed by atoms with van der Waals surface area (Å²) in [7, 11) is 0. The molecule has 1 aromatic carbocycles. The lowest BCUT2D eigenvalue weighted by Crippen LogP contribution is -2.45. The second-order valence-electron chi connectivity index (χ2n) is 10.1. The first-order valence-electron chi connectivity index (χ1n) is 12.6. The van der Waals surface area contributed by atoms with Gasteiger partial charge in [-0.3, -0.25) is 19.6 Å². The number of amides is 2. The van der Waals surface area contributed by atoms with Crippen molar-refractivity contribution in [1.29, 1.82) is 0 Å². The van der Waals surface area contributed by atoms with E-state index in [0.29, 0.717) is 43.5 Å². The molecule has 1 unspecified atom stereocenters. The molecule has 3 heterocycles. The van der Waals surface area contributed by atoms with Crippen molar-refractivity contribution in [3.8, 4) is 0 Å². The first-order valence-corrected chi connectivity index (χ1v) is 13.0. The number of rotatable bonds is 6. The topological polar surface area (TPSA) is 95.4 Å². The molecule has 0 bridgehead atoms. The Labute approximate surface area is 228 Å². The normalized spacial score (nSPS) is 22.7. The number of alkyl halides is 2. The number of anilines is 1. The van der Waals surface area contributed by atoms with Crippen LogP contribution in [0.4, 0.5) is 18.9 Å². The molecule has 2 N–H and O–H groups in total. The highest BCUT2D eigenvalue weighted by atomic mass is 35.5. The van der Waals surface area contributed by atoms with Gasteiger partial charge in [-0.15, -0.1) is 0 Å². The van der Waals surface area contributed by atoms with Crippen molar-refractivity contribution in [2.45, 2.75) is 50.7 Å². The van der Waals surface area contributed by atoms with Gasteiger partial charge in [0, 0.05) is 24.3 Å². The summed E-state index contributed by atoms with van der Waals surface area (Å²) in [6, 6.07) is 8.74. The van der Waals surface area contributed by atoms with Gasteiger partial charge in [-0.1, -0.05) is 23.7 Å². The number of aliphatic hydroxyl groups is 1. The molecular weight excluding hydrogens is 533 g/mol. The quantitative estimate of drug-likeness (QED) is 0.440. The van der Waals surface area contributed by atoms with Crippen LogP contribution in [0.15, 0.2) is 48.8 Å². The maximum Gasteiger partial charge on any atom is 0.281 e. The fourth-order valence-corrected chi connectivity index (χ4v) is 5.58. The molecule has 204 valence electrons. The van der Waals surface area contributed by atoms with Crippen LogP contribution in [-0.2, 0) is 10.4 Å². The highest BCUT2D eigenvalue weighted by Crippen LogP contribution is 2.45. The van der Waals surface area contributed by atoms with Crippen LogP contribution in [0.25, 0.3) is 0 Å². The molecule has 1 fully saturated rings. The number of pyridine rings is 2. The van der Waals surface area contributed by atoms with Crippen LogP contribution >= 0.6 is 11.6 Å². The average molecular weight is 559 g/mol. The van der Waals surface area contributed by atoms with E-state index in [1.807, 2.05) is 13.0 Å². The molecule has 1 aliphatic heterocycles. The van der Waals surface area contributed by atoms with Crippen LogP contribution in [0.5, 0.6) is 0 Å². The van der Waals surface area contributed by atoms with Crippen molar-refractivity contribution in [3.05, 3.63) is 87.7 Å². The van der Waals surface area contributed by atoms with Crippen LogP contribution in [0.3, 0.4) is 0 Å². The predicted octanol–water partition coefficient (Wildman–Crippen LogP) is 5.09. The summed E-state index contributed by atoms with van der Waals surface area (Å²) in [5.41, 5.74) is -0.965. The van der Waals surface area contributed by atoms with E-state index < -0.39 is 35.4 Å². The molecule has 7 nitrogen and oxygen atoms in total. The Morgan fingerprint density at radius 2 is 1.90 bits per heavy atom. The van der Waals surface area contributed by atoms with Crippen LogP contribution in [0, 0.1) is 18.7 Å². The van der Waals surface area contributed by atoms with Gasteiger partial charge < -0.3 is 15.3 Å². The van der Waals surface area contributed by atoms with E-state index in [9.17, 15) is 27.9 Å². The SMILES string of the molecule is Cc1ccc2c(c1)N(C[C@H]1CC[C@H](NC(=O)c3cc(Cl)cnc3C(F)F)CC1)C(=O)C2(O)c1ccc(F)cn1. The lowest BCUT2D eigenvalue weighted by Gasteiger charge is -2.32. The smallest absolute Gasteiger partial charge is 0.281 e. The summed E-state index contributed by atoms with van der Waals surface area (Å²) in [4.78, 5) is 35.5. The maximum atomic E-state index is 13.6. The van der Waals surface area contributed by atoms with Gasteiger partial charge >= 0.3 is 0 Å².